The number of fused-ring (bicyclic) bond motifs is 1. The van der Waals surface area contributed by atoms with Gasteiger partial charge < -0.3 is 29.7 Å². The van der Waals surface area contributed by atoms with Gasteiger partial charge in [0.15, 0.2) is 0 Å². The molecule has 3 saturated heterocycles. The summed E-state index contributed by atoms with van der Waals surface area (Å²) in [6, 6.07) is 7.78. The van der Waals surface area contributed by atoms with Gasteiger partial charge in [0.1, 0.15) is 18.2 Å². The molecule has 44 heavy (non-hydrogen) atoms. The average molecular weight is 610 g/mol. The van der Waals surface area contributed by atoms with Crippen molar-refractivity contribution in [2.24, 2.45) is 11.8 Å². The molecule has 0 radical (unpaired) electrons. The molecule has 10 heteroatoms. The number of aliphatic hydroxyl groups excluding tert-OH is 1. The van der Waals surface area contributed by atoms with E-state index in [1.54, 1.807) is 22.0 Å². The molecule has 1 aromatic carbocycles. The van der Waals surface area contributed by atoms with E-state index in [9.17, 15) is 24.3 Å². The van der Waals surface area contributed by atoms with E-state index in [0.717, 1.165) is 18.4 Å². The number of allylic oxidation sites excluding steroid dienone is 1. The summed E-state index contributed by atoms with van der Waals surface area (Å²) in [5.74, 6) is -2.80. The first-order valence-electron chi connectivity index (χ1n) is 15.9. The summed E-state index contributed by atoms with van der Waals surface area (Å²) < 4.78 is 12.1. The monoisotopic (exact) mass is 609 g/mol. The second-order valence-electron chi connectivity index (χ2n) is 11.9. The highest BCUT2D eigenvalue weighted by Gasteiger charge is 2.74. The SMILES string of the molecule is C=CCCC(=O)OC[C@@H](NC(=O)[C@@H]1[C@H]2C(=O)N(CCCCO)[C@H](C(=O)N(CC=C)CCCC)[C@]23CC[C@H]1O3)c1ccccc1. The number of hydrogen-bond donors (Lipinski definition) is 2. The van der Waals surface area contributed by atoms with Crippen LogP contribution in [-0.2, 0) is 28.7 Å². The lowest BCUT2D eigenvalue weighted by Crippen LogP contribution is -2.56. The summed E-state index contributed by atoms with van der Waals surface area (Å²) in [4.78, 5) is 58.1. The summed E-state index contributed by atoms with van der Waals surface area (Å²) in [6.07, 6.45) is 7.31. The van der Waals surface area contributed by atoms with Crippen molar-refractivity contribution >= 4 is 23.7 Å². The fourth-order valence-electron chi connectivity index (χ4n) is 6.98. The van der Waals surface area contributed by atoms with Crippen LogP contribution in [0.2, 0.25) is 0 Å². The Hall–Kier alpha value is -3.50. The van der Waals surface area contributed by atoms with Gasteiger partial charge in [-0.3, -0.25) is 19.2 Å². The number of esters is 1. The molecule has 0 saturated carbocycles. The Kier molecular flexibility index (Phi) is 11.7. The van der Waals surface area contributed by atoms with Crippen molar-refractivity contribution in [1.82, 2.24) is 15.1 Å². The quantitative estimate of drug-likeness (QED) is 0.149. The predicted molar refractivity (Wildman–Crippen MR) is 165 cm³/mol. The number of likely N-dealkylation sites (tertiary alicyclic amines) is 1. The highest BCUT2D eigenvalue weighted by molar-refractivity contribution is 5.99. The summed E-state index contributed by atoms with van der Waals surface area (Å²) >= 11 is 0. The Bertz CT molecular complexity index is 1190. The van der Waals surface area contributed by atoms with Crippen LogP contribution in [0.3, 0.4) is 0 Å². The topological polar surface area (TPSA) is 125 Å². The van der Waals surface area contributed by atoms with Crippen LogP contribution in [0.5, 0.6) is 0 Å². The van der Waals surface area contributed by atoms with Gasteiger partial charge >= 0.3 is 5.97 Å². The molecule has 3 fully saturated rings. The van der Waals surface area contributed by atoms with Crippen molar-refractivity contribution in [2.45, 2.75) is 82.1 Å². The summed E-state index contributed by atoms with van der Waals surface area (Å²) in [6.45, 7) is 10.6. The number of carbonyl (C=O) groups excluding carboxylic acids is 4. The number of hydrogen-bond acceptors (Lipinski definition) is 7. The van der Waals surface area contributed by atoms with Crippen molar-refractivity contribution < 1.29 is 33.8 Å². The maximum absolute atomic E-state index is 14.2. The third kappa shape index (κ3) is 6.91. The number of rotatable bonds is 18. The van der Waals surface area contributed by atoms with Crippen LogP contribution >= 0.6 is 0 Å². The Morgan fingerprint density at radius 3 is 2.66 bits per heavy atom. The van der Waals surface area contributed by atoms with Crippen LogP contribution in [0.1, 0.15) is 69.9 Å². The van der Waals surface area contributed by atoms with E-state index in [1.165, 1.54) is 0 Å². The smallest absolute Gasteiger partial charge is 0.306 e. The van der Waals surface area contributed by atoms with Crippen molar-refractivity contribution in [1.29, 1.82) is 0 Å². The predicted octanol–water partition coefficient (Wildman–Crippen LogP) is 3.32. The maximum Gasteiger partial charge on any atom is 0.306 e. The number of unbranched alkanes of at least 4 members (excludes halogenated alkanes) is 2. The Labute approximate surface area is 260 Å². The lowest BCUT2D eigenvalue weighted by atomic mass is 9.70. The van der Waals surface area contributed by atoms with Crippen molar-refractivity contribution in [2.75, 3.05) is 32.8 Å². The van der Waals surface area contributed by atoms with Crippen LogP contribution in [-0.4, -0.2) is 89.2 Å². The number of ether oxygens (including phenoxy) is 2. The van der Waals surface area contributed by atoms with E-state index in [-0.39, 0.29) is 43.3 Å². The first kappa shape index (κ1) is 33.4. The zero-order valence-corrected chi connectivity index (χ0v) is 25.8. The molecule has 3 aliphatic heterocycles. The fraction of sp³-hybridized carbons (Fsp3) is 0.588. The number of carbonyl (C=O) groups is 4. The molecule has 6 atom stereocenters. The minimum atomic E-state index is -1.11. The minimum absolute atomic E-state index is 0.0169. The molecule has 2 N–H and O–H groups in total. The second-order valence-corrected chi connectivity index (χ2v) is 11.9. The summed E-state index contributed by atoms with van der Waals surface area (Å²) in [5, 5.41) is 12.5. The zero-order chi connectivity index (χ0) is 31.7. The van der Waals surface area contributed by atoms with E-state index >= 15 is 0 Å². The van der Waals surface area contributed by atoms with Crippen LogP contribution in [0.15, 0.2) is 55.6 Å². The lowest BCUT2D eigenvalue weighted by molar-refractivity contribution is -0.148. The highest BCUT2D eigenvalue weighted by atomic mass is 16.5. The molecule has 1 spiro atoms. The molecular weight excluding hydrogens is 562 g/mol. The van der Waals surface area contributed by atoms with E-state index in [1.807, 2.05) is 30.3 Å². The molecule has 2 bridgehead atoms. The molecule has 3 aliphatic rings. The van der Waals surface area contributed by atoms with Gasteiger partial charge in [-0.1, -0.05) is 55.8 Å². The van der Waals surface area contributed by atoms with Gasteiger partial charge in [0, 0.05) is 32.7 Å². The third-order valence-corrected chi connectivity index (χ3v) is 9.07. The number of nitrogens with one attached hydrogen (secondary N) is 1. The molecule has 10 nitrogen and oxygen atoms in total. The van der Waals surface area contributed by atoms with Gasteiger partial charge in [-0.05, 0) is 44.1 Å². The van der Waals surface area contributed by atoms with E-state index < -0.39 is 35.6 Å². The van der Waals surface area contributed by atoms with E-state index in [4.69, 9.17) is 9.47 Å². The standard InChI is InChI=1S/C34H47N3O7/c1-4-7-16-27(39)43-23-25(24-14-10-9-11-15-24)35-31(40)28-26-17-18-34(44-26)29(28)32(41)37(21-12-13-22-38)30(34)33(42)36(19-6-3)20-8-5-2/h4,6,9-11,14-15,25-26,28-30,38H,1,3,5,7-8,12-13,16-23H2,2H3,(H,35,40)/t25-,26-,28+,29+,30-,34+/m1/s1. The second kappa shape index (κ2) is 15.5. The lowest BCUT2D eigenvalue weighted by Gasteiger charge is -2.37. The fourth-order valence-corrected chi connectivity index (χ4v) is 6.98. The van der Waals surface area contributed by atoms with Gasteiger partial charge in [0.2, 0.25) is 17.7 Å². The van der Waals surface area contributed by atoms with Gasteiger partial charge in [-0.25, -0.2) is 0 Å². The van der Waals surface area contributed by atoms with Crippen LogP contribution < -0.4 is 5.32 Å². The molecular formula is C34H47N3O7. The zero-order valence-electron chi connectivity index (χ0n) is 25.8. The van der Waals surface area contributed by atoms with E-state index in [0.29, 0.717) is 51.7 Å². The molecule has 4 rings (SSSR count). The summed E-state index contributed by atoms with van der Waals surface area (Å²) in [7, 11) is 0. The molecule has 0 aromatic heterocycles. The Morgan fingerprint density at radius 2 is 1.98 bits per heavy atom. The molecule has 1 aromatic rings. The van der Waals surface area contributed by atoms with Gasteiger partial charge in [-0.2, -0.15) is 0 Å². The van der Waals surface area contributed by atoms with Crippen molar-refractivity contribution in [3.8, 4) is 0 Å². The van der Waals surface area contributed by atoms with Crippen LogP contribution in [0.25, 0.3) is 0 Å². The number of amides is 3. The van der Waals surface area contributed by atoms with Crippen LogP contribution in [0.4, 0.5) is 0 Å². The average Bonchev–Trinajstić information content (AvgIpc) is 3.67. The molecule has 3 amide bonds. The minimum Gasteiger partial charge on any atom is -0.463 e. The Balaban J connectivity index is 1.61. The third-order valence-electron chi connectivity index (χ3n) is 9.07. The van der Waals surface area contributed by atoms with Crippen LogP contribution in [0, 0.1) is 11.8 Å². The maximum atomic E-state index is 14.2. The van der Waals surface area contributed by atoms with Gasteiger partial charge in [0.05, 0.1) is 24.0 Å². The number of nitrogens with zero attached hydrogens (tertiary/aromatic N) is 2. The van der Waals surface area contributed by atoms with E-state index in [2.05, 4.69) is 25.4 Å². The van der Waals surface area contributed by atoms with Gasteiger partial charge in [0.25, 0.3) is 0 Å². The number of aliphatic hydroxyl groups is 1. The Morgan fingerprint density at radius 1 is 1.20 bits per heavy atom. The van der Waals surface area contributed by atoms with Gasteiger partial charge in [-0.15, -0.1) is 13.2 Å². The number of benzene rings is 1. The molecule has 240 valence electrons. The van der Waals surface area contributed by atoms with Crippen molar-refractivity contribution in [3.63, 3.8) is 0 Å². The van der Waals surface area contributed by atoms with Crippen molar-refractivity contribution in [3.05, 3.63) is 61.2 Å². The highest BCUT2D eigenvalue weighted by Crippen LogP contribution is 2.58. The molecule has 3 heterocycles. The largest absolute Gasteiger partial charge is 0.463 e. The molecule has 0 unspecified atom stereocenters. The summed E-state index contributed by atoms with van der Waals surface area (Å²) in [5.41, 5.74) is -0.339. The first-order chi connectivity index (χ1) is 21.3. The first-order valence-corrected chi connectivity index (χ1v) is 15.9. The molecule has 0 aliphatic carbocycles. The normalized spacial score (nSPS) is 25.8.